The van der Waals surface area contributed by atoms with Gasteiger partial charge in [-0.1, -0.05) is 0 Å². The van der Waals surface area contributed by atoms with Crippen LogP contribution >= 0.6 is 0 Å². The third kappa shape index (κ3) is 8.14. The summed E-state index contributed by atoms with van der Waals surface area (Å²) in [4.78, 5) is 16.3. The van der Waals surface area contributed by atoms with Crippen LogP contribution in [0.25, 0.3) is 28.7 Å². The van der Waals surface area contributed by atoms with Crippen LogP contribution in [-0.2, 0) is 4.74 Å². The number of morpholine rings is 1. The van der Waals surface area contributed by atoms with Crippen molar-refractivity contribution in [2.75, 3.05) is 41.8 Å². The van der Waals surface area contributed by atoms with Crippen molar-refractivity contribution < 1.29 is 31.8 Å². The van der Waals surface area contributed by atoms with Crippen LogP contribution in [0, 0.1) is 13.8 Å². The molecule has 7 rings (SSSR count). The molecular weight excluding hydrogens is 668 g/mol. The van der Waals surface area contributed by atoms with Gasteiger partial charge in [-0.15, -0.1) is 0 Å². The summed E-state index contributed by atoms with van der Waals surface area (Å²) in [6.45, 7) is 7.87. The van der Waals surface area contributed by atoms with Crippen molar-refractivity contribution in [2.45, 2.75) is 102 Å². The summed E-state index contributed by atoms with van der Waals surface area (Å²) in [6, 6.07) is 8.97. The lowest BCUT2D eigenvalue weighted by Crippen LogP contribution is -2.37. The van der Waals surface area contributed by atoms with E-state index in [1.165, 1.54) is 0 Å². The zero-order chi connectivity index (χ0) is 35.9. The van der Waals surface area contributed by atoms with E-state index in [4.69, 9.17) is 19.2 Å². The van der Waals surface area contributed by atoms with Gasteiger partial charge in [0, 0.05) is 86.0 Å². The molecule has 0 aromatic carbocycles. The fourth-order valence-electron chi connectivity index (χ4n) is 7.01. The number of hydrogen-bond donors (Lipinski definition) is 3. The first-order chi connectivity index (χ1) is 24.3. The van der Waals surface area contributed by atoms with Crippen LogP contribution in [0.4, 0.5) is 34.9 Å². The molecule has 3 aliphatic rings. The van der Waals surface area contributed by atoms with Crippen LogP contribution in [0.3, 0.4) is 0 Å². The van der Waals surface area contributed by atoms with Gasteiger partial charge in [-0.2, -0.15) is 5.10 Å². The second-order valence-electron chi connectivity index (χ2n) is 14.1. The van der Waals surface area contributed by atoms with Crippen LogP contribution in [0.2, 0.25) is 0 Å². The lowest BCUT2D eigenvalue weighted by molar-refractivity contribution is -0.0366. The molecule has 274 valence electrons. The van der Waals surface area contributed by atoms with Crippen LogP contribution < -0.4 is 15.5 Å². The second-order valence-corrected chi connectivity index (χ2v) is 14.1. The van der Waals surface area contributed by atoms with Crippen molar-refractivity contribution in [2.24, 2.45) is 0 Å². The van der Waals surface area contributed by atoms with Gasteiger partial charge in [0.05, 0.1) is 30.7 Å². The summed E-state index contributed by atoms with van der Waals surface area (Å²) in [6.07, 6.45) is -0.167. The maximum Gasteiger partial charge on any atom is 0.248 e. The molecule has 4 aromatic heterocycles. The number of ether oxygens (including phenoxy) is 1. The van der Waals surface area contributed by atoms with Gasteiger partial charge in [-0.25, -0.2) is 37.2 Å². The maximum atomic E-state index is 13.9. The van der Waals surface area contributed by atoms with Gasteiger partial charge in [0.15, 0.2) is 17.4 Å². The summed E-state index contributed by atoms with van der Waals surface area (Å²) in [5.41, 5.74) is 3.33. The number of aliphatic hydroxyl groups excluding tert-OH is 1. The van der Waals surface area contributed by atoms with E-state index in [1.54, 1.807) is 23.7 Å². The van der Waals surface area contributed by atoms with E-state index in [0.29, 0.717) is 92.1 Å². The van der Waals surface area contributed by atoms with Crippen molar-refractivity contribution in [3.63, 3.8) is 0 Å². The average Bonchev–Trinajstić information content (AvgIpc) is 3.69. The van der Waals surface area contributed by atoms with Gasteiger partial charge >= 0.3 is 0 Å². The molecule has 2 saturated carbocycles. The standard InChI is InChI=1S/C36H44F4N8O3/c1-21-16-29(27-19-30(51-23(27)3)34-43-28(22(2)49)20-31(44-34)42-25-6-10-36(39,40)11-7-25)46-48(21)33-18-26(41-24-4-8-35(37,38)9-5-24)17-32(45-33)47-12-14-50-15-13-47/h16-20,22,24-25,49H,4-15H2,1-3H3,(H,41,45)(H,42,43,44). The lowest BCUT2D eigenvalue weighted by atomic mass is 9.92. The number of nitrogens with zero attached hydrogens (tertiary/aromatic N) is 6. The molecule has 0 bridgehead atoms. The summed E-state index contributed by atoms with van der Waals surface area (Å²) >= 11 is 0. The zero-order valence-corrected chi connectivity index (χ0v) is 29.1. The minimum absolute atomic E-state index is 0.0728. The Balaban J connectivity index is 1.17. The highest BCUT2D eigenvalue weighted by Crippen LogP contribution is 2.37. The first-order valence-electron chi connectivity index (χ1n) is 17.7. The number of aryl methyl sites for hydroxylation is 2. The Hall–Kier alpha value is -4.24. The minimum atomic E-state index is -2.65. The average molecular weight is 713 g/mol. The largest absolute Gasteiger partial charge is 0.457 e. The number of nitrogens with one attached hydrogen (secondary N) is 2. The number of aromatic nitrogens is 5. The molecule has 0 spiro atoms. The van der Waals surface area contributed by atoms with Crippen molar-refractivity contribution in [3.8, 4) is 28.7 Å². The van der Waals surface area contributed by atoms with Crippen molar-refractivity contribution in [1.82, 2.24) is 24.7 Å². The monoisotopic (exact) mass is 712 g/mol. The number of hydrogen-bond acceptors (Lipinski definition) is 10. The molecule has 1 unspecified atom stereocenters. The summed E-state index contributed by atoms with van der Waals surface area (Å²) in [5.74, 6) is -2.30. The van der Waals surface area contributed by atoms with Crippen LogP contribution in [0.5, 0.6) is 0 Å². The van der Waals surface area contributed by atoms with Gasteiger partial charge in [-0.3, -0.25) is 0 Å². The molecule has 11 nitrogen and oxygen atoms in total. The molecule has 4 aromatic rings. The van der Waals surface area contributed by atoms with E-state index in [9.17, 15) is 22.7 Å². The second kappa shape index (κ2) is 14.1. The number of anilines is 3. The Morgan fingerprint density at radius 3 is 2.10 bits per heavy atom. The highest BCUT2D eigenvalue weighted by molar-refractivity contribution is 5.69. The topological polar surface area (TPSA) is 126 Å². The summed E-state index contributed by atoms with van der Waals surface area (Å²) in [5, 5.41) is 22.1. The summed E-state index contributed by atoms with van der Waals surface area (Å²) < 4.78 is 68.7. The van der Waals surface area contributed by atoms with E-state index < -0.39 is 17.9 Å². The van der Waals surface area contributed by atoms with E-state index in [0.717, 1.165) is 17.2 Å². The molecule has 1 saturated heterocycles. The van der Waals surface area contributed by atoms with Gasteiger partial charge in [0.2, 0.25) is 11.8 Å². The van der Waals surface area contributed by atoms with Gasteiger partial charge in [0.1, 0.15) is 17.4 Å². The Morgan fingerprint density at radius 1 is 0.824 bits per heavy atom. The van der Waals surface area contributed by atoms with Gasteiger partial charge in [-0.05, 0) is 58.6 Å². The first kappa shape index (κ1) is 35.2. The van der Waals surface area contributed by atoms with Crippen molar-refractivity contribution in [1.29, 1.82) is 0 Å². The molecular formula is C36H44F4N8O3. The Bertz CT molecular complexity index is 1840. The highest BCUT2D eigenvalue weighted by Gasteiger charge is 2.36. The fourth-order valence-corrected chi connectivity index (χ4v) is 7.01. The Kier molecular flexibility index (Phi) is 9.69. The molecule has 15 heteroatoms. The quantitative estimate of drug-likeness (QED) is 0.151. The third-order valence-electron chi connectivity index (χ3n) is 9.98. The predicted molar refractivity (Wildman–Crippen MR) is 185 cm³/mol. The SMILES string of the molecule is Cc1oc(-c2nc(NC3CCC(F)(F)CC3)cc(C(C)O)n2)cc1-c1cc(C)n(-c2cc(NC3CCC(F)(F)CC3)cc(N3CCOCC3)n2)n1. The number of aliphatic hydroxyl groups is 1. The van der Waals surface area contributed by atoms with Crippen LogP contribution in [-0.4, -0.2) is 80.1 Å². The Morgan fingerprint density at radius 2 is 1.45 bits per heavy atom. The number of pyridine rings is 1. The third-order valence-corrected chi connectivity index (χ3v) is 9.98. The van der Waals surface area contributed by atoms with Gasteiger partial charge < -0.3 is 29.8 Å². The fraction of sp³-hybridized carbons (Fsp3) is 0.556. The van der Waals surface area contributed by atoms with Crippen LogP contribution in [0.1, 0.15) is 81.5 Å². The predicted octanol–water partition coefficient (Wildman–Crippen LogP) is 7.47. The first-order valence-corrected chi connectivity index (χ1v) is 17.7. The minimum Gasteiger partial charge on any atom is -0.457 e. The molecule has 1 atom stereocenters. The molecule has 2 aliphatic carbocycles. The highest BCUT2D eigenvalue weighted by atomic mass is 19.3. The molecule has 1 aliphatic heterocycles. The number of halogens is 4. The van der Waals surface area contributed by atoms with Gasteiger partial charge in [0.25, 0.3) is 0 Å². The molecule has 5 heterocycles. The van der Waals surface area contributed by atoms with E-state index >= 15 is 0 Å². The molecule has 0 radical (unpaired) electrons. The Labute approximate surface area is 293 Å². The number of rotatable bonds is 9. The zero-order valence-electron chi connectivity index (χ0n) is 29.1. The molecule has 3 fully saturated rings. The van der Waals surface area contributed by atoms with E-state index in [2.05, 4.69) is 25.5 Å². The van der Waals surface area contributed by atoms with Crippen molar-refractivity contribution in [3.05, 3.63) is 47.5 Å². The normalized spacial score (nSPS) is 20.4. The smallest absolute Gasteiger partial charge is 0.248 e. The molecule has 3 N–H and O–H groups in total. The molecule has 51 heavy (non-hydrogen) atoms. The van der Waals surface area contributed by atoms with E-state index in [1.807, 2.05) is 32.0 Å². The summed E-state index contributed by atoms with van der Waals surface area (Å²) in [7, 11) is 0. The number of furan rings is 1. The number of alkyl halides is 4. The van der Waals surface area contributed by atoms with E-state index in [-0.39, 0.29) is 43.6 Å². The van der Waals surface area contributed by atoms with Crippen LogP contribution in [0.15, 0.2) is 34.7 Å². The van der Waals surface area contributed by atoms with Crippen molar-refractivity contribution >= 4 is 17.3 Å². The maximum absolute atomic E-state index is 13.9. The molecule has 0 amide bonds. The lowest BCUT2D eigenvalue weighted by Gasteiger charge is -2.31.